The van der Waals surface area contributed by atoms with Gasteiger partial charge in [0.15, 0.2) is 0 Å². The van der Waals surface area contributed by atoms with E-state index >= 15 is 0 Å². The molecule has 116 valence electrons. The van der Waals surface area contributed by atoms with Crippen LogP contribution in [0.1, 0.15) is 39.5 Å². The van der Waals surface area contributed by atoms with Gasteiger partial charge < -0.3 is 4.74 Å². The van der Waals surface area contributed by atoms with E-state index in [0.29, 0.717) is 19.3 Å². The first-order valence-electron chi connectivity index (χ1n) is 7.10. The summed E-state index contributed by atoms with van der Waals surface area (Å²) in [5.74, 6) is -1.67. The molecule has 1 atom stereocenters. The largest absolute Gasteiger partial charge is 0.467 e. The third-order valence-electron chi connectivity index (χ3n) is 4.19. The number of hydrogen-bond donors (Lipinski definition) is 1. The fraction of sp³-hybridized carbons (Fsp3) is 0.714. The van der Waals surface area contributed by atoms with Gasteiger partial charge in [-0.25, -0.2) is 14.5 Å². The highest BCUT2D eigenvalue weighted by Crippen LogP contribution is 2.45. The van der Waals surface area contributed by atoms with E-state index in [1.807, 2.05) is 13.8 Å². The Morgan fingerprint density at radius 3 is 2.38 bits per heavy atom. The Labute approximate surface area is 123 Å². The fourth-order valence-corrected chi connectivity index (χ4v) is 2.84. The summed E-state index contributed by atoms with van der Waals surface area (Å²) in [4.78, 5) is 49.5. The molecular formula is C14H20N2O5. The number of urea groups is 1. The van der Waals surface area contributed by atoms with E-state index in [2.05, 4.69) is 5.32 Å². The van der Waals surface area contributed by atoms with Gasteiger partial charge in [-0.3, -0.25) is 14.9 Å². The number of nitrogens with one attached hydrogen (secondary N) is 1. The lowest BCUT2D eigenvalue weighted by atomic mass is 9.66. The summed E-state index contributed by atoms with van der Waals surface area (Å²) in [5.41, 5.74) is -1.17. The lowest BCUT2D eigenvalue weighted by Gasteiger charge is -2.46. The molecule has 1 aliphatic carbocycles. The molecule has 0 aromatic carbocycles. The molecule has 0 aromatic rings. The molecule has 1 heterocycles. The van der Waals surface area contributed by atoms with Crippen LogP contribution in [0.15, 0.2) is 0 Å². The molecule has 4 amide bonds. The van der Waals surface area contributed by atoms with Crippen molar-refractivity contribution < 1.29 is 23.9 Å². The summed E-state index contributed by atoms with van der Waals surface area (Å²) in [7, 11) is 1.21. The Balaban J connectivity index is 2.33. The molecule has 0 aromatic heterocycles. The average molecular weight is 296 g/mol. The van der Waals surface area contributed by atoms with Crippen LogP contribution in [0.5, 0.6) is 0 Å². The van der Waals surface area contributed by atoms with Gasteiger partial charge in [0.2, 0.25) is 11.8 Å². The van der Waals surface area contributed by atoms with Crippen molar-refractivity contribution in [2.75, 3.05) is 7.11 Å². The fourth-order valence-electron chi connectivity index (χ4n) is 2.84. The number of rotatable bonds is 4. The van der Waals surface area contributed by atoms with Gasteiger partial charge in [-0.1, -0.05) is 20.3 Å². The smallest absolute Gasteiger partial charge is 0.331 e. The van der Waals surface area contributed by atoms with Gasteiger partial charge in [0.05, 0.1) is 7.11 Å². The number of imide groups is 2. The highest BCUT2D eigenvalue weighted by molar-refractivity contribution is 6.20. The second-order valence-corrected chi connectivity index (χ2v) is 6.04. The molecule has 2 aliphatic rings. The third-order valence-corrected chi connectivity index (χ3v) is 4.19. The predicted molar refractivity (Wildman–Crippen MR) is 71.9 cm³/mol. The van der Waals surface area contributed by atoms with E-state index in [0.717, 1.165) is 11.3 Å². The molecular weight excluding hydrogens is 276 g/mol. The molecule has 1 unspecified atom stereocenters. The third kappa shape index (κ3) is 2.41. The normalized spacial score (nSPS) is 22.1. The van der Waals surface area contributed by atoms with Gasteiger partial charge in [-0.05, 0) is 25.2 Å². The molecule has 21 heavy (non-hydrogen) atoms. The number of barbiturate groups is 1. The number of carbonyl (C=O) groups is 4. The quantitative estimate of drug-likeness (QED) is 0.612. The number of hydrogen-bond acceptors (Lipinski definition) is 5. The van der Waals surface area contributed by atoms with Crippen molar-refractivity contribution >= 4 is 23.8 Å². The average Bonchev–Trinajstić information content (AvgIpc) is 2.34. The Morgan fingerprint density at radius 1 is 1.33 bits per heavy atom. The zero-order valence-corrected chi connectivity index (χ0v) is 12.5. The first kappa shape index (κ1) is 15.5. The Kier molecular flexibility index (Phi) is 4.02. The molecule has 2 fully saturated rings. The van der Waals surface area contributed by atoms with E-state index in [4.69, 9.17) is 4.74 Å². The Bertz CT molecular complexity index is 496. The SMILES string of the molecule is COC(=O)C(CC(C)C)N1C(=O)NC(=O)C2(CCC2)C1=O. The van der Waals surface area contributed by atoms with Gasteiger partial charge in [-0.2, -0.15) is 0 Å². The molecule has 1 spiro atoms. The van der Waals surface area contributed by atoms with Crippen molar-refractivity contribution in [3.8, 4) is 0 Å². The van der Waals surface area contributed by atoms with Gasteiger partial charge >= 0.3 is 12.0 Å². The molecule has 7 nitrogen and oxygen atoms in total. The van der Waals surface area contributed by atoms with Crippen LogP contribution >= 0.6 is 0 Å². The number of methoxy groups -OCH3 is 1. The lowest BCUT2D eigenvalue weighted by Crippen LogP contribution is -2.69. The standard InChI is InChI=1S/C14H20N2O5/c1-8(2)7-9(10(17)21-3)16-12(19)14(5-4-6-14)11(18)15-13(16)20/h8-9H,4-7H2,1-3H3,(H,15,18,20). The van der Waals surface area contributed by atoms with Gasteiger partial charge in [-0.15, -0.1) is 0 Å². The number of ether oxygens (including phenoxy) is 1. The van der Waals surface area contributed by atoms with E-state index < -0.39 is 35.3 Å². The first-order valence-corrected chi connectivity index (χ1v) is 7.10. The van der Waals surface area contributed by atoms with Crippen molar-refractivity contribution in [1.29, 1.82) is 0 Å². The summed E-state index contributed by atoms with van der Waals surface area (Å²) in [6, 6.07) is -1.83. The summed E-state index contributed by atoms with van der Waals surface area (Å²) in [6.07, 6.45) is 1.89. The first-order chi connectivity index (χ1) is 9.83. The summed E-state index contributed by atoms with van der Waals surface area (Å²) >= 11 is 0. The molecule has 1 aliphatic heterocycles. The van der Waals surface area contributed by atoms with Crippen molar-refractivity contribution in [1.82, 2.24) is 10.2 Å². The van der Waals surface area contributed by atoms with Crippen molar-refractivity contribution in [2.45, 2.75) is 45.6 Å². The Hall–Kier alpha value is -1.92. The maximum atomic E-state index is 12.6. The van der Waals surface area contributed by atoms with Crippen LogP contribution in [0.3, 0.4) is 0 Å². The number of esters is 1. The highest BCUT2D eigenvalue weighted by atomic mass is 16.5. The zero-order chi connectivity index (χ0) is 15.8. The maximum Gasteiger partial charge on any atom is 0.331 e. The van der Waals surface area contributed by atoms with Gasteiger partial charge in [0.25, 0.3) is 0 Å². The second kappa shape index (κ2) is 5.46. The van der Waals surface area contributed by atoms with Crippen LogP contribution in [0.4, 0.5) is 4.79 Å². The molecule has 7 heteroatoms. The number of carbonyl (C=O) groups excluding carboxylic acids is 4. The molecule has 2 rings (SSSR count). The Morgan fingerprint density at radius 2 is 1.95 bits per heavy atom. The minimum absolute atomic E-state index is 0.0877. The van der Waals surface area contributed by atoms with Crippen LogP contribution < -0.4 is 5.32 Å². The monoisotopic (exact) mass is 296 g/mol. The predicted octanol–water partition coefficient (Wildman–Crippen LogP) is 0.823. The van der Waals surface area contributed by atoms with E-state index in [1.54, 1.807) is 0 Å². The van der Waals surface area contributed by atoms with E-state index in [9.17, 15) is 19.2 Å². The summed E-state index contributed by atoms with van der Waals surface area (Å²) in [6.45, 7) is 3.76. The summed E-state index contributed by atoms with van der Waals surface area (Å²) in [5, 5.41) is 2.20. The van der Waals surface area contributed by atoms with Crippen molar-refractivity contribution in [2.24, 2.45) is 11.3 Å². The van der Waals surface area contributed by atoms with E-state index in [1.165, 1.54) is 7.11 Å². The van der Waals surface area contributed by atoms with Gasteiger partial charge in [0, 0.05) is 0 Å². The molecule has 0 radical (unpaired) electrons. The van der Waals surface area contributed by atoms with Crippen LogP contribution in [0, 0.1) is 11.3 Å². The zero-order valence-electron chi connectivity index (χ0n) is 12.5. The number of nitrogens with zero attached hydrogens (tertiary/aromatic N) is 1. The van der Waals surface area contributed by atoms with Crippen molar-refractivity contribution in [3.05, 3.63) is 0 Å². The maximum absolute atomic E-state index is 12.6. The van der Waals surface area contributed by atoms with Crippen LogP contribution in [-0.2, 0) is 19.1 Å². The van der Waals surface area contributed by atoms with Crippen LogP contribution in [0.25, 0.3) is 0 Å². The number of amides is 4. The minimum Gasteiger partial charge on any atom is -0.467 e. The van der Waals surface area contributed by atoms with Crippen molar-refractivity contribution in [3.63, 3.8) is 0 Å². The topological polar surface area (TPSA) is 92.8 Å². The van der Waals surface area contributed by atoms with Gasteiger partial charge in [0.1, 0.15) is 11.5 Å². The minimum atomic E-state index is -1.17. The molecule has 1 saturated carbocycles. The highest BCUT2D eigenvalue weighted by Gasteiger charge is 2.59. The second-order valence-electron chi connectivity index (χ2n) is 6.04. The molecule has 1 N–H and O–H groups in total. The lowest BCUT2D eigenvalue weighted by molar-refractivity contribution is -0.165. The van der Waals surface area contributed by atoms with E-state index in [-0.39, 0.29) is 5.92 Å². The van der Waals surface area contributed by atoms with Crippen LogP contribution in [-0.4, -0.2) is 41.9 Å². The summed E-state index contributed by atoms with van der Waals surface area (Å²) < 4.78 is 4.71. The van der Waals surface area contributed by atoms with Crippen LogP contribution in [0.2, 0.25) is 0 Å². The molecule has 1 saturated heterocycles. The molecule has 0 bridgehead atoms.